The van der Waals surface area contributed by atoms with Crippen LogP contribution >= 0.6 is 31.9 Å². The van der Waals surface area contributed by atoms with Crippen LogP contribution in [-0.2, 0) is 4.79 Å². The Labute approximate surface area is 137 Å². The summed E-state index contributed by atoms with van der Waals surface area (Å²) in [5, 5.41) is 6.39. The van der Waals surface area contributed by atoms with E-state index in [0.717, 1.165) is 33.0 Å². The van der Waals surface area contributed by atoms with Crippen LogP contribution in [0.5, 0.6) is 0 Å². The minimum absolute atomic E-state index is 0.0660. The molecule has 1 aromatic rings. The van der Waals surface area contributed by atoms with Crippen molar-refractivity contribution in [3.63, 3.8) is 0 Å². The summed E-state index contributed by atoms with van der Waals surface area (Å²) < 4.78 is 1.93. The summed E-state index contributed by atoms with van der Waals surface area (Å²) >= 11 is 7.08. The molecule has 1 fully saturated rings. The zero-order chi connectivity index (χ0) is 14.7. The van der Waals surface area contributed by atoms with E-state index in [1.807, 2.05) is 26.0 Å². The smallest absolute Gasteiger partial charge is 0.242 e. The Morgan fingerprint density at radius 2 is 1.80 bits per heavy atom. The minimum atomic E-state index is -0.258. The number of aryl methyl sites for hydroxylation is 1. The van der Waals surface area contributed by atoms with Crippen molar-refractivity contribution >= 4 is 43.5 Å². The summed E-state index contributed by atoms with van der Waals surface area (Å²) in [7, 11) is 0. The summed E-state index contributed by atoms with van der Waals surface area (Å²) in [4.78, 5) is 12.2. The summed E-state index contributed by atoms with van der Waals surface area (Å²) in [6.45, 7) is 3.93. The van der Waals surface area contributed by atoms with Crippen molar-refractivity contribution in [2.75, 3.05) is 5.32 Å². The number of carbonyl (C=O) groups excluding carboxylic acids is 1. The van der Waals surface area contributed by atoms with Crippen LogP contribution in [0.3, 0.4) is 0 Å². The number of benzene rings is 1. The molecule has 0 spiro atoms. The normalized spacial score (nSPS) is 17.0. The van der Waals surface area contributed by atoms with E-state index in [-0.39, 0.29) is 11.9 Å². The van der Waals surface area contributed by atoms with Gasteiger partial charge in [-0.2, -0.15) is 0 Å². The van der Waals surface area contributed by atoms with E-state index in [9.17, 15) is 4.79 Å². The first kappa shape index (κ1) is 15.8. The number of hydrogen-bond acceptors (Lipinski definition) is 2. The van der Waals surface area contributed by atoms with Crippen LogP contribution < -0.4 is 10.6 Å². The maximum atomic E-state index is 12.2. The first-order valence-corrected chi connectivity index (χ1v) is 8.58. The summed E-state index contributed by atoms with van der Waals surface area (Å²) in [6, 6.07) is 4.17. The van der Waals surface area contributed by atoms with E-state index in [2.05, 4.69) is 42.5 Å². The second-order valence-electron chi connectivity index (χ2n) is 5.46. The van der Waals surface area contributed by atoms with Crippen molar-refractivity contribution in [1.82, 2.24) is 5.32 Å². The molecule has 20 heavy (non-hydrogen) atoms. The lowest BCUT2D eigenvalue weighted by molar-refractivity contribution is -0.122. The molecule has 2 rings (SSSR count). The summed E-state index contributed by atoms with van der Waals surface area (Å²) in [6.07, 6.45) is 4.66. The van der Waals surface area contributed by atoms with Crippen molar-refractivity contribution in [3.8, 4) is 0 Å². The fourth-order valence-corrected chi connectivity index (χ4v) is 4.16. The fraction of sp³-hybridized carbons (Fsp3) is 0.533. The molecule has 2 N–H and O–H groups in total. The van der Waals surface area contributed by atoms with E-state index in [1.54, 1.807) is 0 Å². The molecule has 1 aromatic carbocycles. The van der Waals surface area contributed by atoms with Gasteiger partial charge in [0.05, 0.1) is 5.69 Å². The van der Waals surface area contributed by atoms with Gasteiger partial charge in [-0.05, 0) is 76.2 Å². The average molecular weight is 404 g/mol. The predicted octanol–water partition coefficient (Wildman–Crippen LogP) is 4.38. The largest absolute Gasteiger partial charge is 0.372 e. The fourth-order valence-electron chi connectivity index (χ4n) is 2.52. The van der Waals surface area contributed by atoms with E-state index in [4.69, 9.17) is 0 Å². The Morgan fingerprint density at radius 1 is 1.25 bits per heavy atom. The molecular weight excluding hydrogens is 384 g/mol. The second kappa shape index (κ2) is 6.94. The second-order valence-corrected chi connectivity index (χ2v) is 7.17. The third kappa shape index (κ3) is 3.98. The van der Waals surface area contributed by atoms with Gasteiger partial charge in [-0.1, -0.05) is 12.8 Å². The van der Waals surface area contributed by atoms with Crippen LogP contribution in [0.2, 0.25) is 0 Å². The van der Waals surface area contributed by atoms with Gasteiger partial charge in [-0.25, -0.2) is 0 Å². The molecular formula is C15H20Br2N2O. The highest BCUT2D eigenvalue weighted by Crippen LogP contribution is 2.32. The zero-order valence-electron chi connectivity index (χ0n) is 11.8. The maximum Gasteiger partial charge on any atom is 0.242 e. The first-order valence-electron chi connectivity index (χ1n) is 7.00. The molecule has 110 valence electrons. The lowest BCUT2D eigenvalue weighted by Gasteiger charge is -2.20. The molecule has 1 atom stereocenters. The molecule has 0 radical (unpaired) electrons. The van der Waals surface area contributed by atoms with Crippen molar-refractivity contribution in [3.05, 3.63) is 26.6 Å². The lowest BCUT2D eigenvalue weighted by atomic mass is 10.2. The van der Waals surface area contributed by atoms with Gasteiger partial charge in [0.15, 0.2) is 0 Å². The molecule has 3 nitrogen and oxygen atoms in total. The first-order chi connectivity index (χ1) is 9.47. The monoisotopic (exact) mass is 402 g/mol. The van der Waals surface area contributed by atoms with Gasteiger partial charge in [-0.3, -0.25) is 4.79 Å². The van der Waals surface area contributed by atoms with Crippen LogP contribution in [0.15, 0.2) is 21.1 Å². The molecule has 1 amide bonds. The van der Waals surface area contributed by atoms with E-state index in [0.29, 0.717) is 6.04 Å². The molecule has 1 aliphatic rings. The quantitative estimate of drug-likeness (QED) is 0.783. The van der Waals surface area contributed by atoms with Crippen LogP contribution in [0.4, 0.5) is 5.69 Å². The Balaban J connectivity index is 2.00. The van der Waals surface area contributed by atoms with Crippen molar-refractivity contribution in [2.24, 2.45) is 0 Å². The van der Waals surface area contributed by atoms with E-state index in [1.165, 1.54) is 12.8 Å². The van der Waals surface area contributed by atoms with Crippen molar-refractivity contribution in [2.45, 2.75) is 51.6 Å². The van der Waals surface area contributed by atoms with Crippen LogP contribution in [0, 0.1) is 6.92 Å². The molecule has 0 aromatic heterocycles. The number of hydrogen-bond donors (Lipinski definition) is 2. The lowest BCUT2D eigenvalue weighted by Crippen LogP contribution is -2.42. The van der Waals surface area contributed by atoms with Gasteiger partial charge in [0.25, 0.3) is 0 Å². The number of rotatable bonds is 4. The zero-order valence-corrected chi connectivity index (χ0v) is 15.0. The Morgan fingerprint density at radius 3 is 2.35 bits per heavy atom. The number of halogens is 2. The molecule has 0 bridgehead atoms. The Bertz CT molecular complexity index is 476. The minimum Gasteiger partial charge on any atom is -0.372 e. The number of anilines is 1. The van der Waals surface area contributed by atoms with Gasteiger partial charge in [0, 0.05) is 15.0 Å². The van der Waals surface area contributed by atoms with Gasteiger partial charge in [-0.15, -0.1) is 0 Å². The van der Waals surface area contributed by atoms with E-state index >= 15 is 0 Å². The van der Waals surface area contributed by atoms with Gasteiger partial charge in [0.2, 0.25) is 5.91 Å². The molecule has 0 saturated heterocycles. The maximum absolute atomic E-state index is 12.2. The molecule has 0 heterocycles. The van der Waals surface area contributed by atoms with Crippen LogP contribution in [-0.4, -0.2) is 18.0 Å². The number of amides is 1. The standard InChI is InChI=1S/C15H20Br2N2O/c1-9-7-12(16)14(13(17)8-9)18-10(2)15(20)19-11-5-3-4-6-11/h7-8,10-11,18H,3-6H2,1-2H3,(H,19,20). The van der Waals surface area contributed by atoms with Crippen LogP contribution in [0.25, 0.3) is 0 Å². The van der Waals surface area contributed by atoms with Gasteiger partial charge in [0.1, 0.15) is 6.04 Å². The molecule has 1 aliphatic carbocycles. The number of carbonyl (C=O) groups is 1. The SMILES string of the molecule is Cc1cc(Br)c(NC(C)C(=O)NC2CCCC2)c(Br)c1. The van der Waals surface area contributed by atoms with Crippen LogP contribution in [0.1, 0.15) is 38.2 Å². The van der Waals surface area contributed by atoms with E-state index < -0.39 is 0 Å². The highest BCUT2D eigenvalue weighted by atomic mass is 79.9. The number of nitrogens with one attached hydrogen (secondary N) is 2. The molecule has 1 saturated carbocycles. The third-order valence-electron chi connectivity index (χ3n) is 3.64. The van der Waals surface area contributed by atoms with Gasteiger partial charge < -0.3 is 10.6 Å². The molecule has 0 aliphatic heterocycles. The average Bonchev–Trinajstić information content (AvgIpc) is 2.86. The highest BCUT2D eigenvalue weighted by Gasteiger charge is 2.21. The van der Waals surface area contributed by atoms with Crippen molar-refractivity contribution in [1.29, 1.82) is 0 Å². The Hall–Kier alpha value is -0.550. The van der Waals surface area contributed by atoms with Crippen molar-refractivity contribution < 1.29 is 4.79 Å². The molecule has 1 unspecified atom stereocenters. The Kier molecular flexibility index (Phi) is 5.49. The molecule has 5 heteroatoms. The summed E-state index contributed by atoms with van der Waals surface area (Å²) in [5.74, 6) is 0.0660. The van der Waals surface area contributed by atoms with Gasteiger partial charge >= 0.3 is 0 Å². The summed E-state index contributed by atoms with van der Waals surface area (Å²) in [5.41, 5.74) is 2.09. The predicted molar refractivity (Wildman–Crippen MR) is 90.1 cm³/mol. The highest BCUT2D eigenvalue weighted by molar-refractivity contribution is 9.11. The topological polar surface area (TPSA) is 41.1 Å². The third-order valence-corrected chi connectivity index (χ3v) is 4.89.